The van der Waals surface area contributed by atoms with Crippen LogP contribution in [0.1, 0.15) is 12.5 Å². The standard InChI is InChI=1S/C12H17ClN2O2S.ClH/c1-9-4-3-5-11(12(9)13)18(16,17)15-7-6-14-10(2)8-15;/h3-5,10,14H,6-8H2,1-2H3;1H. The van der Waals surface area contributed by atoms with Crippen molar-refractivity contribution in [3.8, 4) is 0 Å². The van der Waals surface area contributed by atoms with Crippen molar-refractivity contribution < 1.29 is 8.42 Å². The lowest BCUT2D eigenvalue weighted by Crippen LogP contribution is -2.51. The molecule has 1 aliphatic heterocycles. The minimum absolute atomic E-state index is 0. The third-order valence-electron chi connectivity index (χ3n) is 3.11. The third kappa shape index (κ3) is 3.41. The molecule has 19 heavy (non-hydrogen) atoms. The van der Waals surface area contributed by atoms with Crippen LogP contribution in [0.5, 0.6) is 0 Å². The summed E-state index contributed by atoms with van der Waals surface area (Å²) in [5.74, 6) is 0. The highest BCUT2D eigenvalue weighted by molar-refractivity contribution is 7.89. The van der Waals surface area contributed by atoms with Crippen molar-refractivity contribution in [3.05, 3.63) is 28.8 Å². The Morgan fingerprint density at radius 3 is 2.74 bits per heavy atom. The van der Waals surface area contributed by atoms with Crippen molar-refractivity contribution in [2.45, 2.75) is 24.8 Å². The Labute approximate surface area is 125 Å². The lowest BCUT2D eigenvalue weighted by molar-refractivity contribution is 0.310. The molecule has 108 valence electrons. The summed E-state index contributed by atoms with van der Waals surface area (Å²) in [6, 6.07) is 5.26. The third-order valence-corrected chi connectivity index (χ3v) is 5.63. The number of sulfonamides is 1. The van der Waals surface area contributed by atoms with E-state index >= 15 is 0 Å². The Morgan fingerprint density at radius 1 is 1.42 bits per heavy atom. The minimum atomic E-state index is -3.49. The van der Waals surface area contributed by atoms with Crippen LogP contribution in [0.3, 0.4) is 0 Å². The van der Waals surface area contributed by atoms with E-state index in [9.17, 15) is 8.42 Å². The Morgan fingerprint density at radius 2 is 2.11 bits per heavy atom. The van der Waals surface area contributed by atoms with Gasteiger partial charge in [0, 0.05) is 25.7 Å². The molecule has 1 aromatic rings. The molecule has 1 fully saturated rings. The van der Waals surface area contributed by atoms with Crippen molar-refractivity contribution in [2.24, 2.45) is 0 Å². The molecule has 0 amide bonds. The Kier molecular flexibility index (Phi) is 5.65. The maximum atomic E-state index is 12.5. The molecule has 1 atom stereocenters. The van der Waals surface area contributed by atoms with E-state index in [4.69, 9.17) is 11.6 Å². The molecule has 1 N–H and O–H groups in total. The van der Waals surface area contributed by atoms with Gasteiger partial charge in [-0.1, -0.05) is 23.7 Å². The van der Waals surface area contributed by atoms with Crippen LogP contribution >= 0.6 is 24.0 Å². The molecule has 1 heterocycles. The number of hydrogen-bond donors (Lipinski definition) is 1. The number of nitrogens with one attached hydrogen (secondary N) is 1. The average molecular weight is 325 g/mol. The largest absolute Gasteiger partial charge is 0.312 e. The lowest BCUT2D eigenvalue weighted by atomic mass is 10.2. The molecule has 0 aromatic heterocycles. The summed E-state index contributed by atoms with van der Waals surface area (Å²) in [7, 11) is -3.49. The van der Waals surface area contributed by atoms with Crippen LogP contribution in [0.2, 0.25) is 5.02 Å². The molecule has 0 aliphatic carbocycles. The Balaban J connectivity index is 0.00000180. The first kappa shape index (κ1) is 16.7. The van der Waals surface area contributed by atoms with Crippen LogP contribution in [-0.4, -0.2) is 38.4 Å². The number of rotatable bonds is 2. The van der Waals surface area contributed by atoms with Gasteiger partial charge in [0.1, 0.15) is 4.90 Å². The molecule has 0 saturated carbocycles. The zero-order chi connectivity index (χ0) is 13.3. The van der Waals surface area contributed by atoms with Gasteiger partial charge in [-0.05, 0) is 25.5 Å². The second kappa shape index (κ2) is 6.41. The van der Waals surface area contributed by atoms with Gasteiger partial charge in [-0.2, -0.15) is 4.31 Å². The van der Waals surface area contributed by atoms with E-state index in [0.717, 1.165) is 5.56 Å². The van der Waals surface area contributed by atoms with Crippen LogP contribution in [0.25, 0.3) is 0 Å². The van der Waals surface area contributed by atoms with Gasteiger partial charge in [-0.15, -0.1) is 12.4 Å². The van der Waals surface area contributed by atoms with Crippen LogP contribution in [0.15, 0.2) is 23.1 Å². The zero-order valence-electron chi connectivity index (χ0n) is 10.9. The highest BCUT2D eigenvalue weighted by atomic mass is 35.5. The van der Waals surface area contributed by atoms with Gasteiger partial charge in [-0.25, -0.2) is 8.42 Å². The monoisotopic (exact) mass is 324 g/mol. The SMILES string of the molecule is Cc1cccc(S(=O)(=O)N2CCNC(C)C2)c1Cl.Cl. The maximum Gasteiger partial charge on any atom is 0.244 e. The molecule has 2 rings (SSSR count). The predicted octanol–water partition coefficient (Wildman–Crippen LogP) is 2.05. The fourth-order valence-corrected chi connectivity index (χ4v) is 4.16. The number of piperazine rings is 1. The molecular formula is C12H18Cl2N2O2S. The van der Waals surface area contributed by atoms with Gasteiger partial charge >= 0.3 is 0 Å². The van der Waals surface area contributed by atoms with E-state index in [1.54, 1.807) is 12.1 Å². The molecule has 1 aromatic carbocycles. The number of hydrogen-bond acceptors (Lipinski definition) is 3. The highest BCUT2D eigenvalue weighted by Gasteiger charge is 2.30. The Bertz CT molecular complexity index is 549. The summed E-state index contributed by atoms with van der Waals surface area (Å²) >= 11 is 6.11. The number of aryl methyl sites for hydroxylation is 1. The molecule has 1 unspecified atom stereocenters. The van der Waals surface area contributed by atoms with Gasteiger partial charge in [-0.3, -0.25) is 0 Å². The summed E-state index contributed by atoms with van der Waals surface area (Å²) in [4.78, 5) is 0.207. The van der Waals surface area contributed by atoms with E-state index < -0.39 is 10.0 Å². The molecule has 7 heteroatoms. The molecular weight excluding hydrogens is 307 g/mol. The van der Waals surface area contributed by atoms with Gasteiger partial charge in [0.25, 0.3) is 0 Å². The molecule has 0 radical (unpaired) electrons. The Hall–Kier alpha value is -0.330. The van der Waals surface area contributed by atoms with E-state index in [2.05, 4.69) is 5.32 Å². The first-order valence-electron chi connectivity index (χ1n) is 5.91. The first-order valence-corrected chi connectivity index (χ1v) is 7.73. The topological polar surface area (TPSA) is 49.4 Å². The number of nitrogens with zero attached hydrogens (tertiary/aromatic N) is 1. The second-order valence-electron chi connectivity index (χ2n) is 4.61. The summed E-state index contributed by atoms with van der Waals surface area (Å²) in [6.45, 7) is 5.41. The molecule has 1 aliphatic rings. The summed E-state index contributed by atoms with van der Waals surface area (Å²) in [5.41, 5.74) is 0.779. The lowest BCUT2D eigenvalue weighted by Gasteiger charge is -2.31. The van der Waals surface area contributed by atoms with Gasteiger partial charge in [0.05, 0.1) is 5.02 Å². The summed E-state index contributed by atoms with van der Waals surface area (Å²) in [5, 5.41) is 3.55. The number of benzene rings is 1. The molecule has 1 saturated heterocycles. The van der Waals surface area contributed by atoms with Crippen LogP contribution in [-0.2, 0) is 10.0 Å². The van der Waals surface area contributed by atoms with E-state index in [0.29, 0.717) is 24.7 Å². The van der Waals surface area contributed by atoms with Crippen LogP contribution < -0.4 is 5.32 Å². The van der Waals surface area contributed by atoms with E-state index in [1.165, 1.54) is 4.31 Å². The van der Waals surface area contributed by atoms with Crippen molar-refractivity contribution in [2.75, 3.05) is 19.6 Å². The van der Waals surface area contributed by atoms with Gasteiger partial charge in [0.2, 0.25) is 10.0 Å². The first-order chi connectivity index (χ1) is 8.43. The second-order valence-corrected chi connectivity index (χ2v) is 6.89. The molecule has 0 bridgehead atoms. The molecule has 4 nitrogen and oxygen atoms in total. The van der Waals surface area contributed by atoms with Gasteiger partial charge < -0.3 is 5.32 Å². The summed E-state index contributed by atoms with van der Waals surface area (Å²) in [6.07, 6.45) is 0. The smallest absolute Gasteiger partial charge is 0.244 e. The quantitative estimate of drug-likeness (QED) is 0.905. The predicted molar refractivity (Wildman–Crippen MR) is 79.7 cm³/mol. The average Bonchev–Trinajstić information content (AvgIpc) is 2.32. The van der Waals surface area contributed by atoms with Crippen molar-refractivity contribution in [1.29, 1.82) is 0 Å². The minimum Gasteiger partial charge on any atom is -0.312 e. The normalized spacial score (nSPS) is 20.9. The van der Waals surface area contributed by atoms with Crippen molar-refractivity contribution in [3.63, 3.8) is 0 Å². The summed E-state index contributed by atoms with van der Waals surface area (Å²) < 4.78 is 26.5. The van der Waals surface area contributed by atoms with Crippen LogP contribution in [0, 0.1) is 6.92 Å². The van der Waals surface area contributed by atoms with Crippen molar-refractivity contribution >= 4 is 34.0 Å². The fourth-order valence-electron chi connectivity index (χ4n) is 2.07. The highest BCUT2D eigenvalue weighted by Crippen LogP contribution is 2.27. The van der Waals surface area contributed by atoms with Gasteiger partial charge in [0.15, 0.2) is 0 Å². The zero-order valence-corrected chi connectivity index (χ0v) is 13.3. The maximum absolute atomic E-state index is 12.5. The van der Waals surface area contributed by atoms with E-state index in [-0.39, 0.29) is 23.3 Å². The van der Waals surface area contributed by atoms with E-state index in [1.807, 2.05) is 19.9 Å². The van der Waals surface area contributed by atoms with Crippen molar-refractivity contribution in [1.82, 2.24) is 9.62 Å². The van der Waals surface area contributed by atoms with Crippen LogP contribution in [0.4, 0.5) is 0 Å². The molecule has 0 spiro atoms. The number of halogens is 2. The fraction of sp³-hybridized carbons (Fsp3) is 0.500.